The van der Waals surface area contributed by atoms with Gasteiger partial charge in [-0.3, -0.25) is 4.79 Å². The van der Waals surface area contributed by atoms with Crippen molar-refractivity contribution in [3.63, 3.8) is 0 Å². The van der Waals surface area contributed by atoms with E-state index >= 15 is 0 Å². The summed E-state index contributed by atoms with van der Waals surface area (Å²) in [6.07, 6.45) is 9.99. The summed E-state index contributed by atoms with van der Waals surface area (Å²) in [4.78, 5) is 15.1. The zero-order valence-corrected chi connectivity index (χ0v) is 12.0. The van der Waals surface area contributed by atoms with E-state index in [1.165, 1.54) is 6.21 Å². The van der Waals surface area contributed by atoms with Gasteiger partial charge < -0.3 is 20.7 Å². The average Bonchev–Trinajstić information content (AvgIpc) is 2.81. The van der Waals surface area contributed by atoms with E-state index < -0.39 is 5.91 Å². The highest BCUT2D eigenvalue weighted by Crippen LogP contribution is 2.12. The van der Waals surface area contributed by atoms with Crippen LogP contribution in [0.25, 0.3) is 0 Å². The molecule has 0 saturated heterocycles. The predicted molar refractivity (Wildman–Crippen MR) is 77.4 cm³/mol. The number of hydrogen-bond acceptors (Lipinski definition) is 5. The number of aromatic nitrogens is 1. The summed E-state index contributed by atoms with van der Waals surface area (Å²) >= 11 is 0. The van der Waals surface area contributed by atoms with Gasteiger partial charge in [-0.1, -0.05) is 5.16 Å². The minimum Gasteiger partial charge on any atom is -0.411 e. The van der Waals surface area contributed by atoms with Crippen molar-refractivity contribution in [2.24, 2.45) is 10.9 Å². The highest BCUT2D eigenvalue weighted by Gasteiger charge is 2.21. The largest absolute Gasteiger partial charge is 0.411 e. The Labute approximate surface area is 123 Å². The highest BCUT2D eigenvalue weighted by atomic mass is 16.4. The third kappa shape index (κ3) is 3.71. The zero-order valence-electron chi connectivity index (χ0n) is 12.0. The van der Waals surface area contributed by atoms with Crippen LogP contribution in [0, 0.1) is 0 Å². The molecule has 0 spiro atoms. The number of nitrogens with zero attached hydrogens (tertiary/aromatic N) is 4. The van der Waals surface area contributed by atoms with Crippen molar-refractivity contribution >= 4 is 12.1 Å². The molecule has 112 valence electrons. The Hall–Kier alpha value is -2.57. The summed E-state index contributed by atoms with van der Waals surface area (Å²) in [5.74, 6) is -0.418. The number of pyridine rings is 1. The quantitative estimate of drug-likeness (QED) is 0.333. The van der Waals surface area contributed by atoms with Gasteiger partial charge in [0, 0.05) is 44.5 Å². The maximum atomic E-state index is 11.0. The molecule has 2 rings (SSSR count). The van der Waals surface area contributed by atoms with E-state index in [4.69, 9.17) is 10.9 Å². The second-order valence-corrected chi connectivity index (χ2v) is 4.92. The summed E-state index contributed by atoms with van der Waals surface area (Å²) < 4.78 is 2.01. The second kappa shape index (κ2) is 6.74. The Kier molecular flexibility index (Phi) is 4.76. The van der Waals surface area contributed by atoms with Crippen molar-refractivity contribution in [2.75, 3.05) is 13.6 Å². The molecule has 21 heavy (non-hydrogen) atoms. The molecule has 0 fully saturated rings. The molecule has 1 amide bonds. The molecule has 7 nitrogen and oxygen atoms in total. The lowest BCUT2D eigenvalue weighted by Gasteiger charge is -2.26. The van der Waals surface area contributed by atoms with E-state index in [1.54, 1.807) is 12.1 Å². The highest BCUT2D eigenvalue weighted by molar-refractivity contribution is 5.92. The van der Waals surface area contributed by atoms with E-state index in [2.05, 4.69) is 10.1 Å². The van der Waals surface area contributed by atoms with Crippen LogP contribution in [-0.4, -0.2) is 46.9 Å². The van der Waals surface area contributed by atoms with Gasteiger partial charge in [-0.25, -0.2) is 4.57 Å². The lowest BCUT2D eigenvalue weighted by atomic mass is 10.2. The van der Waals surface area contributed by atoms with Crippen molar-refractivity contribution < 1.29 is 14.6 Å². The molecular formula is C14H20N5O2+. The fourth-order valence-electron chi connectivity index (χ4n) is 2.26. The van der Waals surface area contributed by atoms with Gasteiger partial charge in [0.2, 0.25) is 5.91 Å². The van der Waals surface area contributed by atoms with Gasteiger partial charge >= 0.3 is 0 Å². The molecule has 2 heterocycles. The molecule has 1 aromatic heterocycles. The third-order valence-corrected chi connectivity index (χ3v) is 3.46. The number of carbonyl (C=O) groups is 1. The summed E-state index contributed by atoms with van der Waals surface area (Å²) in [6.45, 7) is 1.66. The van der Waals surface area contributed by atoms with Gasteiger partial charge in [-0.15, -0.1) is 0 Å². The van der Waals surface area contributed by atoms with Crippen molar-refractivity contribution in [1.29, 1.82) is 0 Å². The van der Waals surface area contributed by atoms with Crippen molar-refractivity contribution in [1.82, 2.24) is 9.80 Å². The third-order valence-electron chi connectivity index (χ3n) is 3.46. The van der Waals surface area contributed by atoms with Gasteiger partial charge in [-0.05, 0) is 0 Å². The molecular weight excluding hydrogens is 270 g/mol. The molecule has 1 aliphatic rings. The van der Waals surface area contributed by atoms with Crippen molar-refractivity contribution in [2.45, 2.75) is 19.1 Å². The first kappa shape index (κ1) is 14.8. The minimum atomic E-state index is -0.418. The van der Waals surface area contributed by atoms with Crippen LogP contribution in [0.5, 0.6) is 0 Å². The smallest absolute Gasteiger partial charge is 0.249 e. The first-order valence-corrected chi connectivity index (χ1v) is 6.74. The predicted octanol–water partition coefficient (Wildman–Crippen LogP) is -0.0322. The van der Waals surface area contributed by atoms with Crippen LogP contribution in [0.1, 0.15) is 16.8 Å². The number of aryl methyl sites for hydroxylation is 1. The van der Waals surface area contributed by atoms with Crippen molar-refractivity contribution in [3.8, 4) is 0 Å². The Bertz CT molecular complexity index is 541. The van der Waals surface area contributed by atoms with E-state index in [0.717, 1.165) is 19.5 Å². The van der Waals surface area contributed by atoms with E-state index in [0.29, 0.717) is 5.56 Å². The van der Waals surface area contributed by atoms with Gasteiger partial charge in [0.25, 0.3) is 0 Å². The van der Waals surface area contributed by atoms with Crippen LogP contribution >= 0.6 is 0 Å². The minimum absolute atomic E-state index is 0.0442. The second-order valence-electron chi connectivity index (χ2n) is 4.92. The maximum Gasteiger partial charge on any atom is 0.249 e. The molecule has 0 aliphatic carbocycles. The molecule has 1 aromatic rings. The molecule has 1 aliphatic heterocycles. The number of nitrogens with two attached hydrogens (primary N) is 1. The number of hydrogen-bond donors (Lipinski definition) is 2. The molecule has 7 heteroatoms. The lowest BCUT2D eigenvalue weighted by Crippen LogP contribution is -2.40. The standard InChI is InChI=1S/C14H19N5O2/c1-17-9-10-19(13(17)11-16-21)6-2-5-18-7-3-12(4-8-18)14(15)20/h3-4,7-11,13H,2,5-6H2,1H3,(H2-,15,20,21)/p+1/b16-11-. The Morgan fingerprint density at radius 1 is 1.48 bits per heavy atom. The summed E-state index contributed by atoms with van der Waals surface area (Å²) in [7, 11) is 1.93. The SMILES string of the molecule is CN1C=CN(CCC[n+]2ccc(C(N)=O)cc2)C1/C=N\O. The monoisotopic (exact) mass is 290 g/mol. The van der Waals surface area contributed by atoms with Crippen LogP contribution in [0.3, 0.4) is 0 Å². The van der Waals surface area contributed by atoms with Gasteiger partial charge in [-0.2, -0.15) is 0 Å². The molecule has 3 N–H and O–H groups in total. The molecule has 0 radical (unpaired) electrons. The van der Waals surface area contributed by atoms with Gasteiger partial charge in [0.05, 0.1) is 11.8 Å². The number of rotatable bonds is 6. The van der Waals surface area contributed by atoms with Gasteiger partial charge in [0.15, 0.2) is 12.4 Å². The van der Waals surface area contributed by atoms with Crippen LogP contribution in [0.4, 0.5) is 0 Å². The fraction of sp³-hybridized carbons (Fsp3) is 0.357. The van der Waals surface area contributed by atoms with Crippen LogP contribution < -0.4 is 10.3 Å². The molecule has 0 aromatic carbocycles. The number of primary amides is 1. The zero-order chi connectivity index (χ0) is 15.2. The van der Waals surface area contributed by atoms with E-state index in [9.17, 15) is 4.79 Å². The molecule has 0 bridgehead atoms. The topological polar surface area (TPSA) is 86.0 Å². The molecule has 0 saturated carbocycles. The molecule has 1 atom stereocenters. The fourth-order valence-corrected chi connectivity index (χ4v) is 2.26. The Morgan fingerprint density at radius 3 is 2.81 bits per heavy atom. The van der Waals surface area contributed by atoms with Crippen LogP contribution in [0.15, 0.2) is 42.1 Å². The maximum absolute atomic E-state index is 11.0. The lowest BCUT2D eigenvalue weighted by molar-refractivity contribution is -0.697. The number of oxime groups is 1. The first-order valence-electron chi connectivity index (χ1n) is 6.74. The van der Waals surface area contributed by atoms with Crippen LogP contribution in [-0.2, 0) is 6.54 Å². The van der Waals surface area contributed by atoms with E-state index in [-0.39, 0.29) is 6.17 Å². The summed E-state index contributed by atoms with van der Waals surface area (Å²) in [6, 6.07) is 3.43. The number of carbonyl (C=O) groups excluding carboxylic acids is 1. The average molecular weight is 290 g/mol. The Morgan fingerprint density at radius 2 is 2.19 bits per heavy atom. The summed E-state index contributed by atoms with van der Waals surface area (Å²) in [5.41, 5.74) is 5.71. The molecule has 1 unspecified atom stereocenters. The first-order chi connectivity index (χ1) is 10.1. The van der Waals surface area contributed by atoms with E-state index in [1.807, 2.05) is 41.3 Å². The normalized spacial score (nSPS) is 17.9. The van der Waals surface area contributed by atoms with Crippen molar-refractivity contribution in [3.05, 3.63) is 42.5 Å². The van der Waals surface area contributed by atoms with Gasteiger partial charge in [0.1, 0.15) is 12.7 Å². The Balaban J connectivity index is 1.84. The van der Waals surface area contributed by atoms with Crippen LogP contribution in [0.2, 0.25) is 0 Å². The number of amides is 1. The summed E-state index contributed by atoms with van der Waals surface area (Å²) in [5, 5.41) is 11.8.